The summed E-state index contributed by atoms with van der Waals surface area (Å²) in [6.07, 6.45) is 2.55. The molecule has 1 aliphatic rings. The van der Waals surface area contributed by atoms with Crippen LogP contribution in [0.1, 0.15) is 48.0 Å². The Morgan fingerprint density at radius 2 is 1.86 bits per heavy atom. The van der Waals surface area contributed by atoms with Crippen molar-refractivity contribution in [2.24, 2.45) is 17.3 Å². The van der Waals surface area contributed by atoms with Crippen LogP contribution in [0, 0.1) is 17.3 Å². The van der Waals surface area contributed by atoms with Crippen molar-refractivity contribution >= 4 is 27.9 Å². The number of esters is 2. The number of hydrogen-bond acceptors (Lipinski definition) is 4. The zero-order chi connectivity index (χ0) is 16.4. The van der Waals surface area contributed by atoms with Gasteiger partial charge in [-0.2, -0.15) is 0 Å². The molecule has 1 saturated carbocycles. The second kappa shape index (κ2) is 6.51. The molecule has 0 heterocycles. The van der Waals surface area contributed by atoms with Gasteiger partial charge in [-0.25, -0.2) is 4.79 Å². The molecule has 0 aromatic rings. The summed E-state index contributed by atoms with van der Waals surface area (Å²) in [7, 11) is 0. The topological polar surface area (TPSA) is 52.6 Å². The van der Waals surface area contributed by atoms with Crippen molar-refractivity contribution in [1.82, 2.24) is 0 Å². The highest BCUT2D eigenvalue weighted by Crippen LogP contribution is 2.60. The average Bonchev–Trinajstić information content (AvgIpc) is 2.85. The van der Waals surface area contributed by atoms with Crippen LogP contribution in [0.15, 0.2) is 10.6 Å². The molecule has 0 N–H and O–H groups in total. The second-order valence-corrected chi connectivity index (χ2v) is 7.86. The van der Waals surface area contributed by atoms with E-state index in [1.54, 1.807) is 6.08 Å². The molecular formula is C16H25BrO4. The van der Waals surface area contributed by atoms with Crippen molar-refractivity contribution in [3.63, 3.8) is 0 Å². The van der Waals surface area contributed by atoms with Crippen LogP contribution in [0.2, 0.25) is 0 Å². The van der Waals surface area contributed by atoms with Crippen molar-refractivity contribution in [1.29, 1.82) is 0 Å². The number of carbonyl (C=O) groups is 2. The highest BCUT2D eigenvalue weighted by molar-refractivity contribution is 9.12. The standard InChI is InChI=1S/C16H25BrO4/c1-7-8-20-13(18)11(17)9-10-12(16(10,5)6)14(19)21-15(2,3)4/h9-10,12H,7-8H2,1-6H3/b11-9-/t10-,12-/m0/s1. The van der Waals surface area contributed by atoms with Crippen LogP contribution in [0.3, 0.4) is 0 Å². The molecule has 2 atom stereocenters. The van der Waals surface area contributed by atoms with Gasteiger partial charge in [-0.3, -0.25) is 4.79 Å². The van der Waals surface area contributed by atoms with Crippen molar-refractivity contribution in [2.45, 2.75) is 53.6 Å². The van der Waals surface area contributed by atoms with Gasteiger partial charge in [0.05, 0.1) is 17.0 Å². The average molecular weight is 361 g/mol. The minimum atomic E-state index is -0.499. The fraction of sp³-hybridized carbons (Fsp3) is 0.750. The summed E-state index contributed by atoms with van der Waals surface area (Å²) in [5.41, 5.74) is -0.701. The fourth-order valence-corrected chi connectivity index (χ4v) is 2.69. The predicted molar refractivity (Wildman–Crippen MR) is 84.9 cm³/mol. The number of allylic oxidation sites excluding steroid dienone is 1. The van der Waals surface area contributed by atoms with Crippen LogP contribution in [0.25, 0.3) is 0 Å². The van der Waals surface area contributed by atoms with Gasteiger partial charge in [0, 0.05) is 0 Å². The van der Waals surface area contributed by atoms with Gasteiger partial charge in [-0.1, -0.05) is 26.8 Å². The van der Waals surface area contributed by atoms with Gasteiger partial charge in [-0.05, 0) is 54.5 Å². The summed E-state index contributed by atoms with van der Waals surface area (Å²) in [6.45, 7) is 11.9. The van der Waals surface area contributed by atoms with E-state index in [1.807, 2.05) is 41.5 Å². The molecule has 0 amide bonds. The number of halogens is 1. The first-order chi connectivity index (χ1) is 9.50. The third-order valence-electron chi connectivity index (χ3n) is 3.53. The van der Waals surface area contributed by atoms with Crippen molar-refractivity contribution in [3.05, 3.63) is 10.6 Å². The molecule has 0 spiro atoms. The van der Waals surface area contributed by atoms with E-state index < -0.39 is 5.60 Å². The molecule has 1 rings (SSSR count). The Labute approximate surface area is 135 Å². The monoisotopic (exact) mass is 360 g/mol. The van der Waals surface area contributed by atoms with Gasteiger partial charge in [-0.15, -0.1) is 0 Å². The van der Waals surface area contributed by atoms with E-state index in [2.05, 4.69) is 15.9 Å². The summed E-state index contributed by atoms with van der Waals surface area (Å²) in [5.74, 6) is -0.836. The lowest BCUT2D eigenvalue weighted by molar-refractivity contribution is -0.157. The number of hydrogen-bond donors (Lipinski definition) is 0. The quantitative estimate of drug-likeness (QED) is 0.552. The number of ether oxygens (including phenoxy) is 2. The normalized spacial score (nSPS) is 24.4. The molecule has 21 heavy (non-hydrogen) atoms. The van der Waals surface area contributed by atoms with E-state index in [4.69, 9.17) is 9.47 Å². The summed E-state index contributed by atoms with van der Waals surface area (Å²) in [4.78, 5) is 23.9. The van der Waals surface area contributed by atoms with Crippen molar-refractivity contribution in [3.8, 4) is 0 Å². The summed E-state index contributed by atoms with van der Waals surface area (Å²) < 4.78 is 10.9. The van der Waals surface area contributed by atoms with E-state index in [9.17, 15) is 9.59 Å². The molecule has 4 nitrogen and oxygen atoms in total. The molecule has 5 heteroatoms. The maximum atomic E-state index is 12.2. The zero-order valence-electron chi connectivity index (χ0n) is 13.7. The van der Waals surface area contributed by atoms with Crippen molar-refractivity contribution < 1.29 is 19.1 Å². The Morgan fingerprint density at radius 1 is 1.29 bits per heavy atom. The lowest BCUT2D eigenvalue weighted by Gasteiger charge is -2.19. The maximum absolute atomic E-state index is 12.2. The van der Waals surface area contributed by atoms with E-state index in [1.165, 1.54) is 0 Å². The van der Waals surface area contributed by atoms with E-state index in [0.717, 1.165) is 6.42 Å². The molecule has 0 radical (unpaired) electrons. The Kier molecular flexibility index (Phi) is 5.64. The molecule has 0 aromatic heterocycles. The molecule has 120 valence electrons. The second-order valence-electron chi connectivity index (χ2n) is 7.01. The van der Waals surface area contributed by atoms with Crippen LogP contribution >= 0.6 is 15.9 Å². The van der Waals surface area contributed by atoms with Gasteiger partial charge < -0.3 is 9.47 Å². The molecule has 0 unspecified atom stereocenters. The van der Waals surface area contributed by atoms with Gasteiger partial charge in [0.1, 0.15) is 5.60 Å². The lowest BCUT2D eigenvalue weighted by atomic mass is 10.1. The smallest absolute Gasteiger partial charge is 0.344 e. The van der Waals surface area contributed by atoms with Gasteiger partial charge in [0.2, 0.25) is 0 Å². The number of rotatable bonds is 5. The first-order valence-corrected chi connectivity index (χ1v) is 8.07. The summed E-state index contributed by atoms with van der Waals surface area (Å²) in [5, 5.41) is 0. The van der Waals surface area contributed by atoms with E-state index in [-0.39, 0.29) is 29.2 Å². The molecule has 0 bridgehead atoms. The Balaban J connectivity index is 2.72. The Morgan fingerprint density at radius 3 is 2.33 bits per heavy atom. The first-order valence-electron chi connectivity index (χ1n) is 7.28. The van der Waals surface area contributed by atoms with Crippen LogP contribution < -0.4 is 0 Å². The number of carbonyl (C=O) groups excluding carboxylic acids is 2. The minimum Gasteiger partial charge on any atom is -0.462 e. The van der Waals surface area contributed by atoms with Gasteiger partial charge in [0.15, 0.2) is 0 Å². The molecule has 0 aliphatic heterocycles. The van der Waals surface area contributed by atoms with Crippen LogP contribution in [0.5, 0.6) is 0 Å². The Bertz CT molecular complexity index is 446. The zero-order valence-corrected chi connectivity index (χ0v) is 15.2. The molecule has 1 aliphatic carbocycles. The molecule has 1 fully saturated rings. The van der Waals surface area contributed by atoms with E-state index in [0.29, 0.717) is 11.1 Å². The van der Waals surface area contributed by atoms with Crippen LogP contribution in [-0.4, -0.2) is 24.1 Å². The molecular weight excluding hydrogens is 336 g/mol. The highest BCUT2D eigenvalue weighted by atomic mass is 79.9. The maximum Gasteiger partial charge on any atom is 0.344 e. The third-order valence-corrected chi connectivity index (χ3v) is 4.12. The van der Waals surface area contributed by atoms with E-state index >= 15 is 0 Å². The predicted octanol–water partition coefficient (Wildman–Crippen LogP) is 3.83. The first kappa shape index (κ1) is 18.2. The minimum absolute atomic E-state index is 0.0177. The highest BCUT2D eigenvalue weighted by Gasteiger charge is 2.62. The molecule has 0 saturated heterocycles. The summed E-state index contributed by atoms with van der Waals surface area (Å²) >= 11 is 3.24. The SMILES string of the molecule is CCCOC(=O)/C(Br)=C/[C@H]1[C@@H](C(=O)OC(C)(C)C)C1(C)C. The summed E-state index contributed by atoms with van der Waals surface area (Å²) in [6, 6.07) is 0. The van der Waals surface area contributed by atoms with Crippen molar-refractivity contribution in [2.75, 3.05) is 6.61 Å². The Hall–Kier alpha value is -0.840. The largest absolute Gasteiger partial charge is 0.462 e. The van der Waals surface area contributed by atoms with Crippen LogP contribution in [-0.2, 0) is 19.1 Å². The lowest BCUT2D eigenvalue weighted by Crippen LogP contribution is -2.26. The van der Waals surface area contributed by atoms with Crippen LogP contribution in [0.4, 0.5) is 0 Å². The van der Waals surface area contributed by atoms with Gasteiger partial charge >= 0.3 is 11.9 Å². The van der Waals surface area contributed by atoms with Gasteiger partial charge in [0.25, 0.3) is 0 Å². The molecule has 0 aromatic carbocycles. The fourth-order valence-electron chi connectivity index (χ4n) is 2.29. The third kappa shape index (κ3) is 4.83.